The maximum atomic E-state index is 12.2. The molecule has 2 aromatic rings. The van der Waals surface area contributed by atoms with Gasteiger partial charge in [-0.1, -0.05) is 36.4 Å². The SMILES string of the molecule is N#CC(C(=O)NCc1ccc2c(c1)OCO2)c1ccccc1. The molecule has 1 atom stereocenters. The average Bonchev–Trinajstić information content (AvgIpc) is 3.02. The van der Waals surface area contributed by atoms with Crippen LogP contribution in [0.2, 0.25) is 0 Å². The minimum atomic E-state index is -0.810. The molecule has 110 valence electrons. The van der Waals surface area contributed by atoms with E-state index < -0.39 is 5.92 Å². The molecule has 22 heavy (non-hydrogen) atoms. The monoisotopic (exact) mass is 294 g/mol. The van der Waals surface area contributed by atoms with Crippen LogP contribution >= 0.6 is 0 Å². The Morgan fingerprint density at radius 2 is 1.95 bits per heavy atom. The number of nitriles is 1. The third kappa shape index (κ3) is 2.86. The van der Waals surface area contributed by atoms with Crippen LogP contribution in [0.15, 0.2) is 48.5 Å². The van der Waals surface area contributed by atoms with Gasteiger partial charge in [-0.2, -0.15) is 5.26 Å². The molecule has 1 aliphatic rings. The number of carbonyl (C=O) groups is 1. The summed E-state index contributed by atoms with van der Waals surface area (Å²) in [6, 6.07) is 16.5. The summed E-state index contributed by atoms with van der Waals surface area (Å²) >= 11 is 0. The number of rotatable bonds is 4. The predicted molar refractivity (Wildman–Crippen MR) is 79.2 cm³/mol. The van der Waals surface area contributed by atoms with Gasteiger partial charge < -0.3 is 14.8 Å². The van der Waals surface area contributed by atoms with Crippen molar-refractivity contribution in [3.8, 4) is 17.6 Å². The lowest BCUT2D eigenvalue weighted by molar-refractivity contribution is -0.121. The van der Waals surface area contributed by atoms with E-state index in [4.69, 9.17) is 9.47 Å². The Hall–Kier alpha value is -3.00. The van der Waals surface area contributed by atoms with Crippen molar-refractivity contribution in [2.24, 2.45) is 0 Å². The molecule has 1 amide bonds. The number of benzene rings is 2. The molecular formula is C17H14N2O3. The Labute approximate surface area is 128 Å². The van der Waals surface area contributed by atoms with Crippen molar-refractivity contribution in [3.63, 3.8) is 0 Å². The highest BCUT2D eigenvalue weighted by atomic mass is 16.7. The van der Waals surface area contributed by atoms with Gasteiger partial charge in [-0.15, -0.1) is 0 Å². The standard InChI is InChI=1S/C17H14N2O3/c18-9-14(13-4-2-1-3-5-13)17(20)19-10-12-6-7-15-16(8-12)22-11-21-15/h1-8,14H,10-11H2,(H,19,20). The highest BCUT2D eigenvalue weighted by Crippen LogP contribution is 2.32. The summed E-state index contributed by atoms with van der Waals surface area (Å²) in [5.74, 6) is 0.252. The third-order valence-corrected chi connectivity index (χ3v) is 3.43. The summed E-state index contributed by atoms with van der Waals surface area (Å²) in [7, 11) is 0. The van der Waals surface area contributed by atoms with E-state index >= 15 is 0 Å². The quantitative estimate of drug-likeness (QED) is 0.939. The van der Waals surface area contributed by atoms with Crippen LogP contribution in [0.5, 0.6) is 11.5 Å². The Balaban J connectivity index is 1.66. The van der Waals surface area contributed by atoms with Crippen LogP contribution in [0, 0.1) is 11.3 Å². The van der Waals surface area contributed by atoms with Crippen LogP contribution in [-0.4, -0.2) is 12.7 Å². The topological polar surface area (TPSA) is 71.4 Å². The number of nitrogens with zero attached hydrogens (tertiary/aromatic N) is 1. The van der Waals surface area contributed by atoms with Gasteiger partial charge in [0.15, 0.2) is 11.5 Å². The number of hydrogen-bond acceptors (Lipinski definition) is 4. The van der Waals surface area contributed by atoms with Gasteiger partial charge in [0.05, 0.1) is 6.07 Å². The van der Waals surface area contributed by atoms with Gasteiger partial charge in [0, 0.05) is 6.54 Å². The summed E-state index contributed by atoms with van der Waals surface area (Å²) < 4.78 is 10.5. The number of amides is 1. The minimum Gasteiger partial charge on any atom is -0.454 e. The Kier molecular flexibility index (Phi) is 3.92. The molecule has 3 rings (SSSR count). The van der Waals surface area contributed by atoms with E-state index in [1.807, 2.05) is 42.5 Å². The molecule has 0 bridgehead atoms. The molecule has 0 spiro atoms. The second-order valence-corrected chi connectivity index (χ2v) is 4.88. The van der Waals surface area contributed by atoms with E-state index in [1.54, 1.807) is 12.1 Å². The zero-order valence-electron chi connectivity index (χ0n) is 11.8. The van der Waals surface area contributed by atoms with E-state index in [0.29, 0.717) is 23.6 Å². The van der Waals surface area contributed by atoms with Crippen LogP contribution in [-0.2, 0) is 11.3 Å². The molecule has 1 unspecified atom stereocenters. The molecule has 5 nitrogen and oxygen atoms in total. The van der Waals surface area contributed by atoms with E-state index in [9.17, 15) is 10.1 Å². The lowest BCUT2D eigenvalue weighted by Gasteiger charge is -2.11. The number of hydrogen-bond donors (Lipinski definition) is 1. The van der Waals surface area contributed by atoms with Gasteiger partial charge in [-0.25, -0.2) is 0 Å². The van der Waals surface area contributed by atoms with Crippen molar-refractivity contribution in [2.75, 3.05) is 6.79 Å². The first-order chi connectivity index (χ1) is 10.8. The summed E-state index contributed by atoms with van der Waals surface area (Å²) in [5.41, 5.74) is 1.58. The van der Waals surface area contributed by atoms with Crippen molar-refractivity contribution < 1.29 is 14.3 Å². The number of ether oxygens (including phenoxy) is 2. The van der Waals surface area contributed by atoms with E-state index in [0.717, 1.165) is 5.56 Å². The zero-order valence-corrected chi connectivity index (χ0v) is 11.8. The van der Waals surface area contributed by atoms with Gasteiger partial charge in [0.2, 0.25) is 12.7 Å². The summed E-state index contributed by atoms with van der Waals surface area (Å²) in [5, 5.41) is 12.0. The maximum Gasteiger partial charge on any atom is 0.242 e. The van der Waals surface area contributed by atoms with Crippen molar-refractivity contribution >= 4 is 5.91 Å². The first-order valence-corrected chi connectivity index (χ1v) is 6.89. The number of fused-ring (bicyclic) bond motifs is 1. The second kappa shape index (κ2) is 6.19. The molecule has 0 saturated heterocycles. The molecule has 1 N–H and O–H groups in total. The fourth-order valence-electron chi connectivity index (χ4n) is 2.27. The van der Waals surface area contributed by atoms with Crippen molar-refractivity contribution in [1.29, 1.82) is 5.26 Å². The van der Waals surface area contributed by atoms with Gasteiger partial charge >= 0.3 is 0 Å². The first kappa shape index (κ1) is 14.0. The molecule has 0 fully saturated rings. The summed E-state index contributed by atoms with van der Waals surface area (Å²) in [6.45, 7) is 0.552. The highest BCUT2D eigenvalue weighted by Gasteiger charge is 2.20. The van der Waals surface area contributed by atoms with E-state index in [-0.39, 0.29) is 12.7 Å². The fraction of sp³-hybridized carbons (Fsp3) is 0.176. The van der Waals surface area contributed by atoms with Crippen LogP contribution in [0.4, 0.5) is 0 Å². The third-order valence-electron chi connectivity index (χ3n) is 3.43. The van der Waals surface area contributed by atoms with Crippen LogP contribution in [0.1, 0.15) is 17.0 Å². The fourth-order valence-corrected chi connectivity index (χ4v) is 2.27. The molecule has 0 saturated carbocycles. The predicted octanol–water partition coefficient (Wildman–Crippen LogP) is 2.34. The molecule has 1 aliphatic heterocycles. The van der Waals surface area contributed by atoms with Crippen molar-refractivity contribution in [1.82, 2.24) is 5.32 Å². The molecule has 2 aromatic carbocycles. The maximum absolute atomic E-state index is 12.2. The molecule has 0 radical (unpaired) electrons. The lowest BCUT2D eigenvalue weighted by atomic mass is 10.00. The molecular weight excluding hydrogens is 280 g/mol. The highest BCUT2D eigenvalue weighted by molar-refractivity contribution is 5.86. The first-order valence-electron chi connectivity index (χ1n) is 6.89. The lowest BCUT2D eigenvalue weighted by Crippen LogP contribution is -2.28. The Morgan fingerprint density at radius 3 is 2.73 bits per heavy atom. The van der Waals surface area contributed by atoms with Gasteiger partial charge in [0.25, 0.3) is 0 Å². The molecule has 1 heterocycles. The summed E-state index contributed by atoms with van der Waals surface area (Å²) in [6.07, 6.45) is 0. The number of carbonyl (C=O) groups excluding carboxylic acids is 1. The van der Waals surface area contributed by atoms with Crippen LogP contribution < -0.4 is 14.8 Å². The number of nitrogens with one attached hydrogen (secondary N) is 1. The van der Waals surface area contributed by atoms with Crippen molar-refractivity contribution in [2.45, 2.75) is 12.5 Å². The minimum absolute atomic E-state index is 0.218. The second-order valence-electron chi connectivity index (χ2n) is 4.88. The van der Waals surface area contributed by atoms with Gasteiger partial charge in [0.1, 0.15) is 5.92 Å². The largest absolute Gasteiger partial charge is 0.454 e. The van der Waals surface area contributed by atoms with E-state index in [2.05, 4.69) is 5.32 Å². The normalized spacial score (nSPS) is 13.2. The molecule has 0 aliphatic carbocycles. The smallest absolute Gasteiger partial charge is 0.242 e. The Morgan fingerprint density at radius 1 is 1.18 bits per heavy atom. The average molecular weight is 294 g/mol. The molecule has 5 heteroatoms. The van der Waals surface area contributed by atoms with Gasteiger partial charge in [-0.3, -0.25) is 4.79 Å². The van der Waals surface area contributed by atoms with Gasteiger partial charge in [-0.05, 0) is 23.3 Å². The van der Waals surface area contributed by atoms with E-state index in [1.165, 1.54) is 0 Å². The molecule has 0 aromatic heterocycles. The van der Waals surface area contributed by atoms with Crippen molar-refractivity contribution in [3.05, 3.63) is 59.7 Å². The van der Waals surface area contributed by atoms with Crippen LogP contribution in [0.3, 0.4) is 0 Å². The zero-order chi connectivity index (χ0) is 15.4. The summed E-state index contributed by atoms with van der Waals surface area (Å²) in [4.78, 5) is 12.2. The Bertz CT molecular complexity index is 722. The van der Waals surface area contributed by atoms with Crippen LogP contribution in [0.25, 0.3) is 0 Å².